The highest BCUT2D eigenvalue weighted by Gasteiger charge is 2.69. The molecule has 176 valence electrons. The van der Waals surface area contributed by atoms with Crippen LogP contribution in [0.3, 0.4) is 0 Å². The van der Waals surface area contributed by atoms with Crippen molar-refractivity contribution in [3.8, 4) is 0 Å². The van der Waals surface area contributed by atoms with Gasteiger partial charge in [-0.1, -0.05) is 27.7 Å². The summed E-state index contributed by atoms with van der Waals surface area (Å²) < 4.78 is 13.3. The molecule has 11 unspecified atom stereocenters. The van der Waals surface area contributed by atoms with Crippen molar-refractivity contribution < 1.29 is 19.7 Å². The molecular formula is C27H44O4. The first kappa shape index (κ1) is 21.4. The molecule has 4 aliphatic carbocycles. The second-order valence-corrected chi connectivity index (χ2v) is 13.2. The Morgan fingerprint density at radius 2 is 1.58 bits per heavy atom. The maximum Gasteiger partial charge on any atom is 0.171 e. The number of aliphatic hydroxyl groups is 2. The molecule has 2 saturated heterocycles. The van der Waals surface area contributed by atoms with E-state index in [2.05, 4.69) is 27.7 Å². The smallest absolute Gasteiger partial charge is 0.171 e. The topological polar surface area (TPSA) is 58.9 Å². The van der Waals surface area contributed by atoms with Crippen molar-refractivity contribution in [1.82, 2.24) is 0 Å². The lowest BCUT2D eigenvalue weighted by Gasteiger charge is -2.62. The van der Waals surface area contributed by atoms with Crippen LogP contribution in [0.25, 0.3) is 0 Å². The summed E-state index contributed by atoms with van der Waals surface area (Å²) in [5.41, 5.74) is 0.495. The van der Waals surface area contributed by atoms with Crippen LogP contribution in [0.15, 0.2) is 0 Å². The lowest BCUT2D eigenvalue weighted by atomic mass is 9.43. The van der Waals surface area contributed by atoms with E-state index in [1.807, 2.05) is 0 Å². The van der Waals surface area contributed by atoms with Crippen LogP contribution < -0.4 is 0 Å². The fourth-order valence-electron chi connectivity index (χ4n) is 10.3. The highest BCUT2D eigenvalue weighted by molar-refractivity contribution is 5.16. The number of hydrogen-bond donors (Lipinski definition) is 2. The number of hydrogen-bond acceptors (Lipinski definition) is 4. The van der Waals surface area contributed by atoms with E-state index in [9.17, 15) is 10.2 Å². The van der Waals surface area contributed by atoms with Gasteiger partial charge in [0.2, 0.25) is 0 Å². The van der Waals surface area contributed by atoms with Gasteiger partial charge in [-0.05, 0) is 97.7 Å². The Bertz CT molecular complexity index is 716. The van der Waals surface area contributed by atoms with Crippen molar-refractivity contribution in [3.05, 3.63) is 0 Å². The number of rotatable bonds is 0. The molecule has 6 aliphatic rings. The normalized spacial score (nSPS) is 63.3. The summed E-state index contributed by atoms with van der Waals surface area (Å²) in [6.45, 7) is 10.6. The summed E-state index contributed by atoms with van der Waals surface area (Å²) in [6, 6.07) is 0. The van der Waals surface area contributed by atoms with Crippen molar-refractivity contribution in [2.45, 2.75) is 110 Å². The lowest BCUT2D eigenvalue weighted by Crippen LogP contribution is -2.58. The first-order chi connectivity index (χ1) is 14.7. The molecule has 31 heavy (non-hydrogen) atoms. The van der Waals surface area contributed by atoms with Crippen LogP contribution in [-0.2, 0) is 9.47 Å². The highest BCUT2D eigenvalue weighted by atomic mass is 16.7. The Morgan fingerprint density at radius 3 is 2.32 bits per heavy atom. The molecule has 0 radical (unpaired) electrons. The Hall–Kier alpha value is -0.160. The zero-order valence-corrected chi connectivity index (χ0v) is 20.1. The van der Waals surface area contributed by atoms with Gasteiger partial charge in [0, 0.05) is 12.3 Å². The van der Waals surface area contributed by atoms with Gasteiger partial charge in [0.15, 0.2) is 5.79 Å². The van der Waals surface area contributed by atoms with Gasteiger partial charge in [0.25, 0.3) is 0 Å². The second kappa shape index (κ2) is 6.93. The Balaban J connectivity index is 1.28. The van der Waals surface area contributed by atoms with Crippen LogP contribution in [0.2, 0.25) is 0 Å². The third-order valence-electron chi connectivity index (χ3n) is 11.9. The van der Waals surface area contributed by atoms with Gasteiger partial charge < -0.3 is 19.7 Å². The zero-order chi connectivity index (χ0) is 21.8. The van der Waals surface area contributed by atoms with E-state index < -0.39 is 0 Å². The Morgan fingerprint density at radius 1 is 0.806 bits per heavy atom. The van der Waals surface area contributed by atoms with Gasteiger partial charge in [-0.3, -0.25) is 0 Å². The number of fused-ring (bicyclic) bond motifs is 7. The molecule has 4 saturated carbocycles. The zero-order valence-electron chi connectivity index (χ0n) is 20.1. The first-order valence-electron chi connectivity index (χ1n) is 13.4. The standard InChI is InChI=1S/C27H44O4/c1-15-5-10-27(30-14-15)16(2)24-23(31-27)13-20-18-12-22(29)21-11-17(28)6-8-25(21,3)19(18)7-9-26(20,24)4/h15-24,28-29H,5-14H2,1-4H3/t15?,16-,17?,18?,19?,20?,21?,22?,23?,24?,25?,26?,27+/m1/s1. The highest BCUT2D eigenvalue weighted by Crippen LogP contribution is 2.71. The third kappa shape index (κ3) is 2.80. The second-order valence-electron chi connectivity index (χ2n) is 13.2. The molecule has 6 rings (SSSR count). The number of aliphatic hydroxyl groups excluding tert-OH is 2. The molecule has 0 amide bonds. The van der Waals surface area contributed by atoms with Crippen LogP contribution in [0, 0.1) is 52.3 Å². The molecule has 2 aliphatic heterocycles. The lowest BCUT2D eigenvalue weighted by molar-refractivity contribution is -0.273. The fraction of sp³-hybridized carbons (Fsp3) is 1.00. The van der Waals surface area contributed by atoms with E-state index in [1.165, 1.54) is 19.3 Å². The van der Waals surface area contributed by atoms with Crippen LogP contribution in [-0.4, -0.2) is 40.9 Å². The molecular weight excluding hydrogens is 388 g/mol. The van der Waals surface area contributed by atoms with Crippen molar-refractivity contribution in [2.75, 3.05) is 6.61 Å². The van der Waals surface area contributed by atoms with E-state index in [0.717, 1.165) is 45.1 Å². The molecule has 0 aromatic heterocycles. The van der Waals surface area contributed by atoms with E-state index in [0.29, 0.717) is 47.0 Å². The maximum absolute atomic E-state index is 11.2. The fourth-order valence-corrected chi connectivity index (χ4v) is 10.3. The summed E-state index contributed by atoms with van der Waals surface area (Å²) in [6.07, 6.45) is 9.58. The van der Waals surface area contributed by atoms with Crippen LogP contribution in [0.1, 0.15) is 85.5 Å². The molecule has 2 N–H and O–H groups in total. The average molecular weight is 433 g/mol. The van der Waals surface area contributed by atoms with E-state index in [4.69, 9.17) is 9.47 Å². The summed E-state index contributed by atoms with van der Waals surface area (Å²) in [5.74, 6) is 3.58. The van der Waals surface area contributed by atoms with Crippen molar-refractivity contribution in [1.29, 1.82) is 0 Å². The molecule has 0 bridgehead atoms. The van der Waals surface area contributed by atoms with E-state index in [-0.39, 0.29) is 29.3 Å². The average Bonchev–Trinajstić information content (AvgIpc) is 3.17. The molecule has 2 heterocycles. The molecule has 4 nitrogen and oxygen atoms in total. The van der Waals surface area contributed by atoms with Crippen LogP contribution in [0.4, 0.5) is 0 Å². The molecule has 0 aromatic carbocycles. The van der Waals surface area contributed by atoms with Gasteiger partial charge in [0.1, 0.15) is 0 Å². The minimum absolute atomic E-state index is 0.191. The largest absolute Gasteiger partial charge is 0.393 e. The molecule has 4 heteroatoms. The van der Waals surface area contributed by atoms with E-state index >= 15 is 0 Å². The predicted octanol–water partition coefficient (Wildman–Crippen LogP) is 4.76. The van der Waals surface area contributed by atoms with Gasteiger partial charge >= 0.3 is 0 Å². The van der Waals surface area contributed by atoms with E-state index in [1.54, 1.807) is 0 Å². The summed E-state index contributed by atoms with van der Waals surface area (Å²) in [4.78, 5) is 0. The minimum Gasteiger partial charge on any atom is -0.393 e. The molecule has 13 atom stereocenters. The minimum atomic E-state index is -0.338. The monoisotopic (exact) mass is 432 g/mol. The van der Waals surface area contributed by atoms with Gasteiger partial charge in [-0.25, -0.2) is 0 Å². The first-order valence-corrected chi connectivity index (χ1v) is 13.4. The summed E-state index contributed by atoms with van der Waals surface area (Å²) in [5, 5.41) is 21.5. The molecule has 0 aromatic rings. The van der Waals surface area contributed by atoms with Crippen molar-refractivity contribution in [3.63, 3.8) is 0 Å². The molecule has 1 spiro atoms. The quantitative estimate of drug-likeness (QED) is 0.579. The van der Waals surface area contributed by atoms with Crippen LogP contribution in [0.5, 0.6) is 0 Å². The van der Waals surface area contributed by atoms with Crippen molar-refractivity contribution >= 4 is 0 Å². The molecule has 6 fully saturated rings. The van der Waals surface area contributed by atoms with Crippen LogP contribution >= 0.6 is 0 Å². The van der Waals surface area contributed by atoms with Crippen molar-refractivity contribution in [2.24, 2.45) is 52.3 Å². The Labute approximate surface area is 188 Å². The van der Waals surface area contributed by atoms with Gasteiger partial charge in [-0.2, -0.15) is 0 Å². The predicted molar refractivity (Wildman–Crippen MR) is 119 cm³/mol. The SMILES string of the molecule is CC1CC[C@]2(OC1)OC1CC3C4CC(O)C5CC(O)CCC5(C)C4CCC3(C)C1[C@H]2C. The van der Waals surface area contributed by atoms with Gasteiger partial charge in [-0.15, -0.1) is 0 Å². The maximum atomic E-state index is 11.2. The summed E-state index contributed by atoms with van der Waals surface area (Å²) in [7, 11) is 0. The number of ether oxygens (including phenoxy) is 2. The van der Waals surface area contributed by atoms with Gasteiger partial charge in [0.05, 0.1) is 24.9 Å². The Kier molecular flexibility index (Phi) is 4.78. The third-order valence-corrected chi connectivity index (χ3v) is 11.9. The summed E-state index contributed by atoms with van der Waals surface area (Å²) >= 11 is 0.